The van der Waals surface area contributed by atoms with Gasteiger partial charge in [-0.05, 0) is 233 Å². The molecule has 320 valence electrons. The molecule has 0 saturated heterocycles. The zero-order chi connectivity index (χ0) is 42.6. The number of carboxylic acids is 2. The second-order valence-corrected chi connectivity index (χ2v) is 24.3. The van der Waals surface area contributed by atoms with Crippen LogP contribution in [0.25, 0.3) is 43.4 Å². The number of aliphatic carboxylic acids is 2. The van der Waals surface area contributed by atoms with E-state index < -0.39 is 11.9 Å². The number of rotatable bonds is 10. The first-order valence-electron chi connectivity index (χ1n) is 26.2. The maximum absolute atomic E-state index is 12.4. The lowest BCUT2D eigenvalue weighted by Crippen LogP contribution is -2.30. The van der Waals surface area contributed by atoms with Crippen LogP contribution in [0.15, 0.2) is 83.0 Å². The van der Waals surface area contributed by atoms with E-state index in [9.17, 15) is 19.8 Å². The van der Waals surface area contributed by atoms with Crippen LogP contribution in [0.2, 0.25) is 0 Å². The van der Waals surface area contributed by atoms with E-state index in [1.54, 1.807) is 121 Å². The lowest BCUT2D eigenvalue weighted by atomic mass is 9.64. The van der Waals surface area contributed by atoms with Gasteiger partial charge in [-0.25, -0.2) is 0 Å². The minimum absolute atomic E-state index is 0.0141. The van der Waals surface area contributed by atoms with Gasteiger partial charge in [0.2, 0.25) is 0 Å². The van der Waals surface area contributed by atoms with Crippen LogP contribution in [-0.2, 0) is 31.2 Å². The van der Waals surface area contributed by atoms with E-state index in [1.807, 2.05) is 0 Å². The molecule has 4 nitrogen and oxygen atoms in total. The zero-order valence-corrected chi connectivity index (χ0v) is 37.0. The van der Waals surface area contributed by atoms with Gasteiger partial charge in [0.15, 0.2) is 0 Å². The molecule has 2 saturated carbocycles. The molecule has 0 radical (unpaired) electrons. The zero-order valence-electron chi connectivity index (χ0n) is 37.0. The summed E-state index contributed by atoms with van der Waals surface area (Å²) in [6.07, 6.45) is 13.8. The molecule has 2 spiro atoms. The van der Waals surface area contributed by atoms with Crippen molar-refractivity contribution in [3.8, 4) is 11.1 Å². The van der Waals surface area contributed by atoms with Gasteiger partial charge in [-0.15, -0.1) is 0 Å². The van der Waals surface area contributed by atoms with Crippen LogP contribution in [0, 0.1) is 0 Å². The molecule has 0 heterocycles. The lowest BCUT2D eigenvalue weighted by Gasteiger charge is -2.38. The Balaban J connectivity index is 0.987. The van der Waals surface area contributed by atoms with Gasteiger partial charge in [0.25, 0.3) is 0 Å². The van der Waals surface area contributed by atoms with E-state index in [-0.39, 0.29) is 34.5 Å². The van der Waals surface area contributed by atoms with E-state index in [2.05, 4.69) is 60.7 Å². The van der Waals surface area contributed by atoms with Crippen LogP contribution in [0.1, 0.15) is 204 Å². The molecule has 4 heteroatoms. The molecule has 0 aliphatic heterocycles. The van der Waals surface area contributed by atoms with E-state index in [0.29, 0.717) is 53.8 Å². The summed E-state index contributed by atoms with van der Waals surface area (Å²) in [6.45, 7) is 0. The fourth-order valence-corrected chi connectivity index (χ4v) is 22.9. The van der Waals surface area contributed by atoms with Crippen molar-refractivity contribution in [3.63, 3.8) is 0 Å². The topological polar surface area (TPSA) is 74.6 Å². The van der Waals surface area contributed by atoms with Crippen molar-refractivity contribution in [3.05, 3.63) is 150 Å². The second kappa shape index (κ2) is 9.76. The van der Waals surface area contributed by atoms with E-state index in [0.717, 1.165) is 19.3 Å². The van der Waals surface area contributed by atoms with Gasteiger partial charge in [-0.1, -0.05) is 60.7 Å². The Kier molecular flexibility index (Phi) is 5.01. The van der Waals surface area contributed by atoms with Crippen LogP contribution in [0.4, 0.5) is 0 Å². The maximum atomic E-state index is 12.4. The van der Waals surface area contributed by atoms with Crippen LogP contribution in [0.5, 0.6) is 0 Å². The van der Waals surface area contributed by atoms with Crippen LogP contribution in [-0.4, -0.2) is 22.2 Å². The van der Waals surface area contributed by atoms with Gasteiger partial charge < -0.3 is 10.2 Å². The second-order valence-electron chi connectivity index (χ2n) is 24.3. The van der Waals surface area contributed by atoms with Gasteiger partial charge in [-0.2, -0.15) is 0 Å². The number of benzene rings is 6. The predicted octanol–water partition coefficient (Wildman–Crippen LogP) is 13.5. The maximum Gasteiger partial charge on any atom is 0.303 e. The molecule has 6 aromatic carbocycles. The largest absolute Gasteiger partial charge is 0.481 e. The Labute approximate surface area is 382 Å². The average molecular weight is 857 g/mol. The summed E-state index contributed by atoms with van der Waals surface area (Å²) in [5.41, 5.74) is 31.0. The molecule has 10 unspecified atom stereocenters. The Morgan fingerprint density at radius 3 is 1.48 bits per heavy atom. The molecule has 0 amide bonds. The average Bonchev–Trinajstić information content (AvgIpc) is 3.71. The molecule has 0 bridgehead atoms. The number of hydrogen-bond donors (Lipinski definition) is 2. The summed E-state index contributed by atoms with van der Waals surface area (Å²) in [5.74, 6) is 2.74. The number of allylic oxidation sites excluding steroid dienone is 4. The minimum Gasteiger partial charge on any atom is -0.481 e. The van der Waals surface area contributed by atoms with Gasteiger partial charge in [0.1, 0.15) is 0 Å². The van der Waals surface area contributed by atoms with Crippen molar-refractivity contribution < 1.29 is 19.8 Å². The van der Waals surface area contributed by atoms with Crippen molar-refractivity contribution in [2.45, 2.75) is 159 Å². The smallest absolute Gasteiger partial charge is 0.303 e. The van der Waals surface area contributed by atoms with E-state index >= 15 is 0 Å². The molecular weight excluding hydrogens is 809 g/mol. The van der Waals surface area contributed by atoms with Gasteiger partial charge in [-0.3, -0.25) is 9.59 Å². The quantitative estimate of drug-likeness (QED) is 0.134. The Bertz CT molecular complexity index is 3560. The third-order valence-electron chi connectivity index (χ3n) is 23.5. The molecule has 0 aromatic heterocycles. The fraction of sp³-hybridized carbons (Fsp3) is 0.419. The number of carbonyl (C=O) groups is 2. The van der Waals surface area contributed by atoms with Gasteiger partial charge in [0, 0.05) is 58.2 Å². The molecule has 14 aliphatic rings. The number of hydrogen-bond acceptors (Lipinski definition) is 2. The van der Waals surface area contributed by atoms with Crippen molar-refractivity contribution in [1.82, 2.24) is 0 Å². The predicted molar refractivity (Wildman–Crippen MR) is 253 cm³/mol. The first-order valence-corrected chi connectivity index (χ1v) is 26.2. The Hall–Kier alpha value is -5.48. The van der Waals surface area contributed by atoms with Gasteiger partial charge >= 0.3 is 11.9 Å². The molecule has 66 heavy (non-hydrogen) atoms. The molecule has 2 N–H and O–H groups in total. The number of fused-ring (bicyclic) bond motifs is 5. The highest BCUT2D eigenvalue weighted by molar-refractivity contribution is 6.40. The standard InChI is InChI=1S/C62H48O4/c63-33(64)13-7-21-59(25-9-3-1-4-10-25)57-41-31-17-15-27-29-19-23-61-55-39(29)43-35(27)37(31)45-47(41)48-42(58(57)59)32-18-16-28-30-20-24-62(61,60(61,22-8-14-34(65)66)26-11-5-2-6-12-26)56-40(30)44-36(28)38(32)46(48)52-50(44)53(54(55)56)49(43)51(45)52/h1-6,9-12,27-32,47-48H,7-8,13-24H2,(H,63,64)(H,65,66). The molecular formula is C62H48O4. The Morgan fingerprint density at radius 2 is 0.970 bits per heavy atom. The normalized spacial score (nSPS) is 38.2. The summed E-state index contributed by atoms with van der Waals surface area (Å²) in [6, 6.07) is 23.2. The molecule has 14 aliphatic carbocycles. The van der Waals surface area contributed by atoms with Crippen LogP contribution < -0.4 is 0 Å². The van der Waals surface area contributed by atoms with E-state index in [4.69, 9.17) is 0 Å². The third kappa shape index (κ3) is 2.75. The SMILES string of the molecule is O=C(O)CCCC1(c2ccccc2)C2=C3C4CCC5c6c4c4c7c8c6c6c9c%10c%11c%12c%13c%14c%15c(c-7c%13c%108)C(C(=C21)C%15CCC%14C%12CCC%111C(CCCC(=O)O)(c2ccccc2)C91CCC65)C34. The van der Waals surface area contributed by atoms with Crippen LogP contribution >= 0.6 is 0 Å². The first-order chi connectivity index (χ1) is 32.4. The molecule has 10 atom stereocenters. The first kappa shape index (κ1) is 33.9. The fourth-order valence-electron chi connectivity index (χ4n) is 22.9. The van der Waals surface area contributed by atoms with Crippen molar-refractivity contribution >= 4 is 44.3 Å². The summed E-state index contributed by atoms with van der Waals surface area (Å²) < 4.78 is 0. The lowest BCUT2D eigenvalue weighted by molar-refractivity contribution is -0.138. The molecule has 20 rings (SSSR count). The summed E-state index contributed by atoms with van der Waals surface area (Å²) in [7, 11) is 0. The monoisotopic (exact) mass is 856 g/mol. The minimum atomic E-state index is -0.670. The highest BCUT2D eigenvalue weighted by Gasteiger charge is 2.91. The summed E-state index contributed by atoms with van der Waals surface area (Å²) >= 11 is 0. The Morgan fingerprint density at radius 1 is 0.485 bits per heavy atom. The highest BCUT2D eigenvalue weighted by atomic mass is 16.4. The molecule has 2 fully saturated rings. The van der Waals surface area contributed by atoms with E-state index in [1.165, 1.54) is 62.5 Å². The van der Waals surface area contributed by atoms with Crippen LogP contribution in [0.3, 0.4) is 0 Å². The molecule has 6 aromatic rings. The summed E-state index contributed by atoms with van der Waals surface area (Å²) in [5, 5.41) is 30.6. The van der Waals surface area contributed by atoms with Crippen molar-refractivity contribution in [2.24, 2.45) is 0 Å². The van der Waals surface area contributed by atoms with Gasteiger partial charge in [0.05, 0.1) is 0 Å². The van der Waals surface area contributed by atoms with Crippen molar-refractivity contribution in [1.29, 1.82) is 0 Å². The highest BCUT2D eigenvalue weighted by Crippen LogP contribution is 2.94. The number of carboxylic acid groups (broad SMARTS) is 2. The van der Waals surface area contributed by atoms with Crippen molar-refractivity contribution in [2.75, 3.05) is 0 Å². The summed E-state index contributed by atoms with van der Waals surface area (Å²) in [4.78, 5) is 24.7. The third-order valence-corrected chi connectivity index (χ3v) is 23.5.